The van der Waals surface area contributed by atoms with E-state index in [4.69, 9.17) is 12.2 Å². The molecule has 0 unspecified atom stereocenters. The van der Waals surface area contributed by atoms with Crippen molar-refractivity contribution in [2.45, 2.75) is 65.0 Å². The maximum absolute atomic E-state index is 5.46. The summed E-state index contributed by atoms with van der Waals surface area (Å²) in [5.74, 6) is 0. The van der Waals surface area contributed by atoms with Crippen LogP contribution >= 0.6 is 12.2 Å². The van der Waals surface area contributed by atoms with Crippen LogP contribution < -0.4 is 5.32 Å². The predicted octanol–water partition coefficient (Wildman–Crippen LogP) is 2.92. The Kier molecular flexibility index (Phi) is 5.37. The Hall–Kier alpha value is -0.310. The number of unbranched alkanes of at least 4 members (excludes halogenated alkanes) is 1. The minimum atomic E-state index is 0.607. The van der Waals surface area contributed by atoms with Gasteiger partial charge < -0.3 is 10.2 Å². The van der Waals surface area contributed by atoms with Gasteiger partial charge in [-0.3, -0.25) is 0 Å². The lowest BCUT2D eigenvalue weighted by atomic mass is 9.98. The molecule has 0 amide bonds. The first kappa shape index (κ1) is 12.8. The molecule has 0 aliphatic carbocycles. The van der Waals surface area contributed by atoms with Crippen LogP contribution in [-0.4, -0.2) is 28.6 Å². The molecule has 0 bridgehead atoms. The van der Waals surface area contributed by atoms with Gasteiger partial charge in [-0.05, 0) is 51.7 Å². The van der Waals surface area contributed by atoms with Crippen molar-refractivity contribution in [1.82, 2.24) is 10.2 Å². The first-order valence-electron chi connectivity index (χ1n) is 6.23. The van der Waals surface area contributed by atoms with Crippen LogP contribution in [0, 0.1) is 0 Å². The maximum Gasteiger partial charge on any atom is 0.169 e. The predicted molar refractivity (Wildman–Crippen MR) is 70.1 cm³/mol. The van der Waals surface area contributed by atoms with Gasteiger partial charge in [0.15, 0.2) is 5.11 Å². The second kappa shape index (κ2) is 6.31. The van der Waals surface area contributed by atoms with Crippen LogP contribution in [0.1, 0.15) is 52.9 Å². The summed E-state index contributed by atoms with van der Waals surface area (Å²) in [6.45, 7) is 7.79. The maximum atomic E-state index is 5.46. The Morgan fingerprint density at radius 2 is 1.93 bits per heavy atom. The van der Waals surface area contributed by atoms with Crippen molar-refractivity contribution in [1.29, 1.82) is 0 Å². The molecule has 1 aliphatic heterocycles. The molecule has 1 heterocycles. The van der Waals surface area contributed by atoms with Crippen LogP contribution in [0.2, 0.25) is 0 Å². The Labute approximate surface area is 99.4 Å². The van der Waals surface area contributed by atoms with Crippen molar-refractivity contribution in [3.05, 3.63) is 0 Å². The number of nitrogens with one attached hydrogen (secondary N) is 1. The molecule has 1 aliphatic rings. The molecule has 0 radical (unpaired) electrons. The summed E-state index contributed by atoms with van der Waals surface area (Å²) in [7, 11) is 0. The van der Waals surface area contributed by atoms with Gasteiger partial charge in [-0.15, -0.1) is 0 Å². The van der Waals surface area contributed by atoms with Crippen LogP contribution in [0.3, 0.4) is 0 Å². The number of likely N-dealkylation sites (tertiary alicyclic amines) is 1. The second-order valence-corrected chi connectivity index (χ2v) is 5.01. The third-order valence-electron chi connectivity index (χ3n) is 3.23. The quantitative estimate of drug-likeness (QED) is 0.590. The smallest absolute Gasteiger partial charge is 0.169 e. The topological polar surface area (TPSA) is 15.3 Å². The van der Waals surface area contributed by atoms with Crippen molar-refractivity contribution >= 4 is 17.3 Å². The first-order chi connectivity index (χ1) is 7.16. The highest BCUT2D eigenvalue weighted by atomic mass is 32.1. The van der Waals surface area contributed by atoms with E-state index in [0.29, 0.717) is 12.1 Å². The van der Waals surface area contributed by atoms with Crippen LogP contribution in [0.5, 0.6) is 0 Å². The highest BCUT2D eigenvalue weighted by molar-refractivity contribution is 7.80. The minimum absolute atomic E-state index is 0.607. The number of nitrogens with zero attached hydrogens (tertiary/aromatic N) is 1. The molecular formula is C12H24N2S. The molecular weight excluding hydrogens is 204 g/mol. The largest absolute Gasteiger partial charge is 0.363 e. The van der Waals surface area contributed by atoms with Crippen molar-refractivity contribution < 1.29 is 0 Å². The lowest BCUT2D eigenvalue weighted by Gasteiger charge is -2.40. The monoisotopic (exact) mass is 228 g/mol. The summed E-state index contributed by atoms with van der Waals surface area (Å²) in [5, 5.41) is 4.33. The average molecular weight is 228 g/mol. The highest BCUT2D eigenvalue weighted by Gasteiger charge is 2.26. The minimum Gasteiger partial charge on any atom is -0.363 e. The lowest BCUT2D eigenvalue weighted by Crippen LogP contribution is -2.51. The van der Waals surface area contributed by atoms with Gasteiger partial charge in [-0.2, -0.15) is 0 Å². The molecule has 88 valence electrons. The van der Waals surface area contributed by atoms with E-state index in [2.05, 4.69) is 31.0 Å². The number of hydrogen-bond acceptors (Lipinski definition) is 1. The SMILES string of the molecule is CCCCNC(=S)N1[C@@H](C)CCC[C@@H]1C. The molecule has 0 spiro atoms. The van der Waals surface area contributed by atoms with Gasteiger partial charge >= 0.3 is 0 Å². The van der Waals surface area contributed by atoms with Crippen LogP contribution in [0.4, 0.5) is 0 Å². The van der Waals surface area contributed by atoms with E-state index >= 15 is 0 Å². The molecule has 0 saturated carbocycles. The standard InChI is InChI=1S/C12H24N2S/c1-4-5-9-13-12(15)14-10(2)7-6-8-11(14)3/h10-11H,4-9H2,1-3H3,(H,13,15)/t10-,11-/m0/s1. The molecule has 0 aromatic heterocycles. The zero-order valence-electron chi connectivity index (χ0n) is 10.3. The van der Waals surface area contributed by atoms with Crippen molar-refractivity contribution in [3.8, 4) is 0 Å². The van der Waals surface area contributed by atoms with Crippen LogP contribution in [0.25, 0.3) is 0 Å². The summed E-state index contributed by atoms with van der Waals surface area (Å²) < 4.78 is 0. The Bertz CT molecular complexity index is 196. The molecule has 1 fully saturated rings. The third-order valence-corrected chi connectivity index (χ3v) is 3.59. The van der Waals surface area contributed by atoms with Gasteiger partial charge in [-0.25, -0.2) is 0 Å². The Morgan fingerprint density at radius 1 is 1.33 bits per heavy atom. The summed E-state index contributed by atoms with van der Waals surface area (Å²) in [4.78, 5) is 2.38. The zero-order valence-corrected chi connectivity index (χ0v) is 11.1. The van der Waals surface area contributed by atoms with Gasteiger partial charge in [0.1, 0.15) is 0 Å². The summed E-state index contributed by atoms with van der Waals surface area (Å²) in [6.07, 6.45) is 6.33. The number of rotatable bonds is 3. The van der Waals surface area contributed by atoms with Crippen LogP contribution in [-0.2, 0) is 0 Å². The molecule has 1 rings (SSSR count). The zero-order chi connectivity index (χ0) is 11.3. The van der Waals surface area contributed by atoms with E-state index < -0.39 is 0 Å². The number of hydrogen-bond donors (Lipinski definition) is 1. The van der Waals surface area contributed by atoms with Crippen molar-refractivity contribution in [2.75, 3.05) is 6.54 Å². The summed E-state index contributed by atoms with van der Waals surface area (Å²) >= 11 is 5.46. The first-order valence-corrected chi connectivity index (χ1v) is 6.63. The van der Waals surface area contributed by atoms with Gasteiger partial charge in [-0.1, -0.05) is 13.3 Å². The fraction of sp³-hybridized carbons (Fsp3) is 0.917. The average Bonchev–Trinajstić information content (AvgIpc) is 2.18. The third kappa shape index (κ3) is 3.63. The second-order valence-electron chi connectivity index (χ2n) is 4.62. The molecule has 1 saturated heterocycles. The summed E-state index contributed by atoms with van der Waals surface area (Å²) in [6, 6.07) is 1.21. The van der Waals surface area contributed by atoms with E-state index in [0.717, 1.165) is 11.7 Å². The fourth-order valence-electron chi connectivity index (χ4n) is 2.28. The van der Waals surface area contributed by atoms with E-state index in [-0.39, 0.29) is 0 Å². The fourth-order valence-corrected chi connectivity index (χ4v) is 2.75. The van der Waals surface area contributed by atoms with E-state index in [9.17, 15) is 0 Å². The molecule has 3 heteroatoms. The number of thiocarbonyl (C=S) groups is 1. The Balaban J connectivity index is 2.41. The molecule has 1 N–H and O–H groups in total. The normalized spacial score (nSPS) is 26.5. The molecule has 0 aromatic carbocycles. The van der Waals surface area contributed by atoms with Gasteiger partial charge in [0.25, 0.3) is 0 Å². The van der Waals surface area contributed by atoms with Crippen LogP contribution in [0.15, 0.2) is 0 Å². The van der Waals surface area contributed by atoms with E-state index in [1.165, 1.54) is 32.1 Å². The Morgan fingerprint density at radius 3 is 2.47 bits per heavy atom. The van der Waals surface area contributed by atoms with Crippen molar-refractivity contribution in [2.24, 2.45) is 0 Å². The van der Waals surface area contributed by atoms with E-state index in [1.807, 2.05) is 0 Å². The molecule has 2 nitrogen and oxygen atoms in total. The van der Waals surface area contributed by atoms with Gasteiger partial charge in [0, 0.05) is 18.6 Å². The number of piperidine rings is 1. The molecule has 0 aromatic rings. The van der Waals surface area contributed by atoms with Crippen molar-refractivity contribution in [3.63, 3.8) is 0 Å². The lowest BCUT2D eigenvalue weighted by molar-refractivity contribution is 0.189. The van der Waals surface area contributed by atoms with E-state index in [1.54, 1.807) is 0 Å². The molecule has 2 atom stereocenters. The summed E-state index contributed by atoms with van der Waals surface area (Å²) in [5.41, 5.74) is 0. The highest BCUT2D eigenvalue weighted by Crippen LogP contribution is 2.22. The van der Waals surface area contributed by atoms with Gasteiger partial charge in [0.2, 0.25) is 0 Å². The molecule has 15 heavy (non-hydrogen) atoms. The van der Waals surface area contributed by atoms with Gasteiger partial charge in [0.05, 0.1) is 0 Å².